The van der Waals surface area contributed by atoms with Crippen LogP contribution in [0.15, 0.2) is 0 Å². The molecule has 4 heteroatoms. The van der Waals surface area contributed by atoms with Crippen molar-refractivity contribution in [3.63, 3.8) is 0 Å². The number of rotatable bonds is 7. The van der Waals surface area contributed by atoms with Crippen molar-refractivity contribution in [1.82, 2.24) is 4.90 Å². The maximum Gasteiger partial charge on any atom is 0.222 e. The second-order valence-electron chi connectivity index (χ2n) is 4.87. The molecule has 17 heavy (non-hydrogen) atoms. The van der Waals surface area contributed by atoms with Gasteiger partial charge in [0.1, 0.15) is 0 Å². The second kappa shape index (κ2) is 8.48. The maximum atomic E-state index is 12.0. The lowest BCUT2D eigenvalue weighted by Gasteiger charge is -2.34. The van der Waals surface area contributed by atoms with E-state index in [0.29, 0.717) is 6.42 Å². The SMILES string of the molecule is NCCCCCCC(=O)N1CCCCC1CO. The summed E-state index contributed by atoms with van der Waals surface area (Å²) in [4.78, 5) is 13.9. The topological polar surface area (TPSA) is 66.6 Å². The van der Waals surface area contributed by atoms with Gasteiger partial charge in [-0.1, -0.05) is 12.8 Å². The number of nitrogens with zero attached hydrogens (tertiary/aromatic N) is 1. The molecule has 4 nitrogen and oxygen atoms in total. The standard InChI is InChI=1S/C13H26N2O2/c14-9-5-2-1-3-8-13(17)15-10-6-4-7-12(15)11-16/h12,16H,1-11,14H2. The Bertz CT molecular complexity index is 221. The predicted octanol–water partition coefficient (Wildman–Crippen LogP) is 1.27. The molecule has 0 aliphatic carbocycles. The minimum absolute atomic E-state index is 0.0697. The van der Waals surface area contributed by atoms with Crippen molar-refractivity contribution in [1.29, 1.82) is 0 Å². The Morgan fingerprint density at radius 2 is 2.00 bits per heavy atom. The van der Waals surface area contributed by atoms with E-state index in [0.717, 1.165) is 58.0 Å². The van der Waals surface area contributed by atoms with Crippen LogP contribution in [0.5, 0.6) is 0 Å². The van der Waals surface area contributed by atoms with E-state index < -0.39 is 0 Å². The third-order valence-corrected chi connectivity index (χ3v) is 3.50. The van der Waals surface area contributed by atoms with Crippen LogP contribution in [-0.4, -0.2) is 41.7 Å². The summed E-state index contributed by atoms with van der Waals surface area (Å²) in [6, 6.07) is 0.0697. The summed E-state index contributed by atoms with van der Waals surface area (Å²) in [5.74, 6) is 0.219. The highest BCUT2D eigenvalue weighted by Crippen LogP contribution is 2.18. The number of aliphatic hydroxyl groups is 1. The number of carbonyl (C=O) groups is 1. The molecule has 1 amide bonds. The fourth-order valence-corrected chi connectivity index (χ4v) is 2.44. The summed E-state index contributed by atoms with van der Waals surface area (Å²) in [6.07, 6.45) is 8.00. The van der Waals surface area contributed by atoms with Gasteiger partial charge in [-0.2, -0.15) is 0 Å². The van der Waals surface area contributed by atoms with Gasteiger partial charge in [0, 0.05) is 13.0 Å². The fourth-order valence-electron chi connectivity index (χ4n) is 2.44. The average Bonchev–Trinajstić information content (AvgIpc) is 2.38. The summed E-state index contributed by atoms with van der Waals surface area (Å²) in [5, 5.41) is 9.24. The molecule has 1 atom stereocenters. The highest BCUT2D eigenvalue weighted by molar-refractivity contribution is 5.76. The molecule has 0 aromatic carbocycles. The highest BCUT2D eigenvalue weighted by atomic mass is 16.3. The van der Waals surface area contributed by atoms with Gasteiger partial charge in [0.15, 0.2) is 0 Å². The molecular weight excluding hydrogens is 216 g/mol. The van der Waals surface area contributed by atoms with Gasteiger partial charge in [-0.25, -0.2) is 0 Å². The Labute approximate surface area is 104 Å². The minimum Gasteiger partial charge on any atom is -0.394 e. The number of likely N-dealkylation sites (tertiary alicyclic amines) is 1. The Kier molecular flexibility index (Phi) is 7.21. The van der Waals surface area contributed by atoms with Crippen molar-refractivity contribution in [2.24, 2.45) is 5.73 Å². The summed E-state index contributed by atoms with van der Waals surface area (Å²) < 4.78 is 0. The van der Waals surface area contributed by atoms with E-state index >= 15 is 0 Å². The van der Waals surface area contributed by atoms with E-state index in [1.807, 2.05) is 4.90 Å². The summed E-state index contributed by atoms with van der Waals surface area (Å²) in [7, 11) is 0. The quantitative estimate of drug-likeness (QED) is 0.661. The van der Waals surface area contributed by atoms with Gasteiger partial charge < -0.3 is 15.7 Å². The van der Waals surface area contributed by atoms with Gasteiger partial charge in [0.05, 0.1) is 12.6 Å². The van der Waals surface area contributed by atoms with Crippen LogP contribution in [0.3, 0.4) is 0 Å². The van der Waals surface area contributed by atoms with E-state index in [4.69, 9.17) is 5.73 Å². The highest BCUT2D eigenvalue weighted by Gasteiger charge is 2.25. The Morgan fingerprint density at radius 3 is 2.71 bits per heavy atom. The predicted molar refractivity (Wildman–Crippen MR) is 68.6 cm³/mol. The van der Waals surface area contributed by atoms with Crippen LogP contribution in [0, 0.1) is 0 Å². The van der Waals surface area contributed by atoms with Crippen LogP contribution in [0.1, 0.15) is 51.4 Å². The summed E-state index contributed by atoms with van der Waals surface area (Å²) >= 11 is 0. The molecule has 0 radical (unpaired) electrons. The number of carbonyl (C=O) groups excluding carboxylic acids is 1. The van der Waals surface area contributed by atoms with Crippen LogP contribution < -0.4 is 5.73 Å². The normalized spacial score (nSPS) is 20.6. The smallest absolute Gasteiger partial charge is 0.222 e. The van der Waals surface area contributed by atoms with Crippen molar-refractivity contribution < 1.29 is 9.90 Å². The van der Waals surface area contributed by atoms with Crippen molar-refractivity contribution >= 4 is 5.91 Å². The van der Waals surface area contributed by atoms with E-state index in [-0.39, 0.29) is 18.6 Å². The summed E-state index contributed by atoms with van der Waals surface area (Å²) in [5.41, 5.74) is 5.42. The molecule has 1 aliphatic heterocycles. The monoisotopic (exact) mass is 242 g/mol. The van der Waals surface area contributed by atoms with Gasteiger partial charge in [0.25, 0.3) is 0 Å². The molecule has 0 aromatic heterocycles. The van der Waals surface area contributed by atoms with Crippen molar-refractivity contribution in [3.05, 3.63) is 0 Å². The Balaban J connectivity index is 2.20. The van der Waals surface area contributed by atoms with E-state index in [1.54, 1.807) is 0 Å². The first-order valence-electron chi connectivity index (χ1n) is 6.90. The molecule has 1 rings (SSSR count). The third kappa shape index (κ3) is 5.04. The van der Waals surface area contributed by atoms with Crippen LogP contribution in [0.25, 0.3) is 0 Å². The number of piperidine rings is 1. The molecule has 1 aliphatic rings. The lowest BCUT2D eigenvalue weighted by atomic mass is 10.0. The molecule has 0 saturated carbocycles. The van der Waals surface area contributed by atoms with Crippen LogP contribution in [-0.2, 0) is 4.79 Å². The van der Waals surface area contributed by atoms with Gasteiger partial charge >= 0.3 is 0 Å². The molecule has 1 fully saturated rings. The first-order valence-corrected chi connectivity index (χ1v) is 6.90. The van der Waals surface area contributed by atoms with Gasteiger partial charge in [-0.3, -0.25) is 4.79 Å². The molecule has 0 spiro atoms. The maximum absolute atomic E-state index is 12.0. The van der Waals surface area contributed by atoms with Crippen LogP contribution >= 0.6 is 0 Å². The molecule has 0 bridgehead atoms. The largest absolute Gasteiger partial charge is 0.394 e. The van der Waals surface area contributed by atoms with Crippen molar-refractivity contribution in [2.75, 3.05) is 19.7 Å². The zero-order valence-electron chi connectivity index (χ0n) is 10.7. The minimum atomic E-state index is 0.0697. The van der Waals surface area contributed by atoms with E-state index in [1.165, 1.54) is 0 Å². The zero-order chi connectivity index (χ0) is 12.5. The fraction of sp³-hybridized carbons (Fsp3) is 0.923. The Hall–Kier alpha value is -0.610. The molecular formula is C13H26N2O2. The first kappa shape index (κ1) is 14.5. The van der Waals surface area contributed by atoms with Crippen molar-refractivity contribution in [2.45, 2.75) is 57.4 Å². The molecule has 100 valence electrons. The molecule has 1 saturated heterocycles. The number of unbranched alkanes of at least 4 members (excludes halogenated alkanes) is 3. The molecule has 0 aromatic rings. The van der Waals surface area contributed by atoms with Crippen LogP contribution in [0.2, 0.25) is 0 Å². The Morgan fingerprint density at radius 1 is 1.24 bits per heavy atom. The molecule has 1 heterocycles. The lowest BCUT2D eigenvalue weighted by molar-refractivity contribution is -0.136. The van der Waals surface area contributed by atoms with E-state index in [2.05, 4.69) is 0 Å². The van der Waals surface area contributed by atoms with Gasteiger partial charge in [-0.15, -0.1) is 0 Å². The van der Waals surface area contributed by atoms with Gasteiger partial charge in [-0.05, 0) is 38.6 Å². The van der Waals surface area contributed by atoms with Gasteiger partial charge in [0.2, 0.25) is 5.91 Å². The number of amides is 1. The lowest BCUT2D eigenvalue weighted by Crippen LogP contribution is -2.45. The first-order chi connectivity index (χ1) is 8.29. The number of hydrogen-bond acceptors (Lipinski definition) is 3. The zero-order valence-corrected chi connectivity index (χ0v) is 10.7. The van der Waals surface area contributed by atoms with E-state index in [9.17, 15) is 9.90 Å². The second-order valence-corrected chi connectivity index (χ2v) is 4.87. The number of hydrogen-bond donors (Lipinski definition) is 2. The molecule has 1 unspecified atom stereocenters. The molecule has 3 N–H and O–H groups in total. The average molecular weight is 242 g/mol. The number of nitrogens with two attached hydrogens (primary N) is 1. The number of aliphatic hydroxyl groups excluding tert-OH is 1. The third-order valence-electron chi connectivity index (χ3n) is 3.50. The summed E-state index contributed by atoms with van der Waals surface area (Å²) in [6.45, 7) is 1.68. The van der Waals surface area contributed by atoms with Crippen molar-refractivity contribution in [3.8, 4) is 0 Å². The van der Waals surface area contributed by atoms with Crippen LogP contribution in [0.4, 0.5) is 0 Å².